The predicted molar refractivity (Wildman–Crippen MR) is 93.6 cm³/mol. The van der Waals surface area contributed by atoms with Crippen molar-refractivity contribution in [2.45, 2.75) is 39.2 Å². The lowest BCUT2D eigenvalue weighted by Gasteiger charge is -2.08. The molecule has 0 aliphatic carbocycles. The molecule has 0 heterocycles. The second kappa shape index (κ2) is 8.99. The Hall–Kier alpha value is -2.29. The molecule has 0 radical (unpaired) electrons. The highest BCUT2D eigenvalue weighted by Crippen LogP contribution is 2.12. The van der Waals surface area contributed by atoms with Crippen molar-refractivity contribution in [1.29, 1.82) is 0 Å². The summed E-state index contributed by atoms with van der Waals surface area (Å²) in [7, 11) is 1.64. The van der Waals surface area contributed by atoms with Crippen LogP contribution < -0.4 is 10.1 Å². The van der Waals surface area contributed by atoms with E-state index in [0.717, 1.165) is 23.3 Å². The molecule has 0 fully saturated rings. The Labute approximate surface area is 138 Å². The van der Waals surface area contributed by atoms with E-state index in [1.165, 1.54) is 18.4 Å². The number of carbonyl (C=O) groups excluding carboxylic acids is 1. The quantitative estimate of drug-likeness (QED) is 0.803. The third-order valence-corrected chi connectivity index (χ3v) is 3.83. The lowest BCUT2D eigenvalue weighted by Crippen LogP contribution is -2.24. The molecule has 0 aliphatic heterocycles. The van der Waals surface area contributed by atoms with Crippen LogP contribution >= 0.6 is 0 Å². The third-order valence-electron chi connectivity index (χ3n) is 3.83. The first kappa shape index (κ1) is 17.1. The number of carbonyl (C=O) groups is 1. The Morgan fingerprint density at radius 1 is 1.04 bits per heavy atom. The fourth-order valence-corrected chi connectivity index (χ4v) is 2.44. The summed E-state index contributed by atoms with van der Waals surface area (Å²) in [5, 5.41) is 2.95. The van der Waals surface area contributed by atoms with Crippen molar-refractivity contribution in [3.05, 3.63) is 65.2 Å². The molecule has 0 unspecified atom stereocenters. The third kappa shape index (κ3) is 5.78. The zero-order valence-electron chi connectivity index (χ0n) is 14.0. The van der Waals surface area contributed by atoms with Gasteiger partial charge in [-0.3, -0.25) is 4.79 Å². The summed E-state index contributed by atoms with van der Waals surface area (Å²) < 4.78 is 5.18. The lowest BCUT2D eigenvalue weighted by atomic mass is 10.0. The molecular formula is C20H25NO2. The van der Waals surface area contributed by atoms with Gasteiger partial charge in [-0.15, -0.1) is 0 Å². The summed E-state index contributed by atoms with van der Waals surface area (Å²) in [6.07, 6.45) is 3.94. The van der Waals surface area contributed by atoms with Crippen molar-refractivity contribution in [1.82, 2.24) is 5.32 Å². The Balaban J connectivity index is 1.82. The van der Waals surface area contributed by atoms with Crippen LogP contribution in [0, 0.1) is 0 Å². The van der Waals surface area contributed by atoms with E-state index in [4.69, 9.17) is 4.74 Å². The van der Waals surface area contributed by atoms with Crippen molar-refractivity contribution in [2.75, 3.05) is 7.11 Å². The number of rotatable bonds is 8. The normalized spacial score (nSPS) is 10.3. The Morgan fingerprint density at radius 3 is 2.48 bits per heavy atom. The van der Waals surface area contributed by atoms with Crippen LogP contribution in [0.4, 0.5) is 0 Å². The summed E-state index contributed by atoms with van der Waals surface area (Å²) in [6, 6.07) is 16.1. The zero-order valence-corrected chi connectivity index (χ0v) is 14.0. The minimum absolute atomic E-state index is 0.0362. The highest BCUT2D eigenvalue weighted by molar-refractivity contribution is 5.78. The number of aryl methyl sites for hydroxylation is 1. The standard InChI is InChI=1S/C20H25NO2/c1-3-4-6-16-9-11-17(12-10-16)14-20(22)21-15-18-7-5-8-19(13-18)23-2/h5,7-13H,3-4,6,14-15H2,1-2H3,(H,21,22). The molecule has 0 spiro atoms. The van der Waals surface area contributed by atoms with E-state index in [9.17, 15) is 4.79 Å². The van der Waals surface area contributed by atoms with E-state index >= 15 is 0 Å². The number of ether oxygens (including phenoxy) is 1. The van der Waals surface area contributed by atoms with E-state index in [0.29, 0.717) is 13.0 Å². The molecule has 23 heavy (non-hydrogen) atoms. The first-order valence-electron chi connectivity index (χ1n) is 8.18. The molecule has 0 saturated carbocycles. The van der Waals surface area contributed by atoms with Gasteiger partial charge in [-0.2, -0.15) is 0 Å². The average Bonchev–Trinajstić information content (AvgIpc) is 2.59. The molecule has 0 saturated heterocycles. The topological polar surface area (TPSA) is 38.3 Å². The summed E-state index contributed by atoms with van der Waals surface area (Å²) in [6.45, 7) is 2.71. The van der Waals surface area contributed by atoms with Gasteiger partial charge in [-0.25, -0.2) is 0 Å². The van der Waals surface area contributed by atoms with Gasteiger partial charge in [0.15, 0.2) is 0 Å². The first-order chi connectivity index (χ1) is 11.2. The van der Waals surface area contributed by atoms with Crippen molar-refractivity contribution in [3.8, 4) is 5.75 Å². The summed E-state index contributed by atoms with van der Waals surface area (Å²) in [5.74, 6) is 0.841. The maximum Gasteiger partial charge on any atom is 0.224 e. The minimum atomic E-state index is 0.0362. The average molecular weight is 311 g/mol. The largest absolute Gasteiger partial charge is 0.497 e. The molecule has 122 valence electrons. The van der Waals surface area contributed by atoms with Crippen LogP contribution in [0.25, 0.3) is 0 Å². The van der Waals surface area contributed by atoms with Crippen molar-refractivity contribution in [3.63, 3.8) is 0 Å². The number of unbranched alkanes of at least 4 members (excludes halogenated alkanes) is 1. The smallest absolute Gasteiger partial charge is 0.224 e. The lowest BCUT2D eigenvalue weighted by molar-refractivity contribution is -0.120. The van der Waals surface area contributed by atoms with Gasteiger partial charge < -0.3 is 10.1 Å². The molecule has 3 heteroatoms. The molecule has 0 aliphatic rings. The van der Waals surface area contributed by atoms with Crippen LogP contribution in [-0.4, -0.2) is 13.0 Å². The summed E-state index contributed by atoms with van der Waals surface area (Å²) >= 11 is 0. The molecule has 2 aromatic rings. The van der Waals surface area contributed by atoms with E-state index in [-0.39, 0.29) is 5.91 Å². The predicted octanol–water partition coefficient (Wildman–Crippen LogP) is 3.90. The van der Waals surface area contributed by atoms with E-state index in [2.05, 4.69) is 36.5 Å². The number of benzene rings is 2. The van der Waals surface area contributed by atoms with Gasteiger partial charge in [-0.1, -0.05) is 49.7 Å². The van der Waals surface area contributed by atoms with Gasteiger partial charge in [0, 0.05) is 6.54 Å². The second-order valence-electron chi connectivity index (χ2n) is 5.73. The molecule has 1 amide bonds. The molecule has 0 atom stereocenters. The van der Waals surface area contributed by atoms with Crippen LogP contribution in [0.3, 0.4) is 0 Å². The Kier molecular flexibility index (Phi) is 6.67. The molecular weight excluding hydrogens is 286 g/mol. The van der Waals surface area contributed by atoms with E-state index in [1.54, 1.807) is 7.11 Å². The Bertz CT molecular complexity index is 620. The minimum Gasteiger partial charge on any atom is -0.497 e. The van der Waals surface area contributed by atoms with Crippen LogP contribution in [-0.2, 0) is 24.2 Å². The monoisotopic (exact) mass is 311 g/mol. The second-order valence-corrected chi connectivity index (χ2v) is 5.73. The molecule has 0 aromatic heterocycles. The maximum absolute atomic E-state index is 12.1. The van der Waals surface area contributed by atoms with Gasteiger partial charge in [0.05, 0.1) is 13.5 Å². The maximum atomic E-state index is 12.1. The molecule has 0 bridgehead atoms. The Morgan fingerprint density at radius 2 is 1.78 bits per heavy atom. The van der Waals surface area contributed by atoms with Crippen molar-refractivity contribution in [2.24, 2.45) is 0 Å². The van der Waals surface area contributed by atoms with Crippen LogP contribution in [0.5, 0.6) is 5.75 Å². The van der Waals surface area contributed by atoms with Crippen LogP contribution in [0.2, 0.25) is 0 Å². The van der Waals surface area contributed by atoms with Gasteiger partial charge in [0.2, 0.25) is 5.91 Å². The number of amides is 1. The van der Waals surface area contributed by atoms with Gasteiger partial charge in [0.1, 0.15) is 5.75 Å². The first-order valence-corrected chi connectivity index (χ1v) is 8.18. The highest BCUT2D eigenvalue weighted by Gasteiger charge is 2.04. The molecule has 1 N–H and O–H groups in total. The fraction of sp³-hybridized carbons (Fsp3) is 0.350. The van der Waals surface area contributed by atoms with E-state index in [1.807, 2.05) is 24.3 Å². The molecule has 3 nitrogen and oxygen atoms in total. The number of nitrogens with one attached hydrogen (secondary N) is 1. The number of hydrogen-bond donors (Lipinski definition) is 1. The van der Waals surface area contributed by atoms with Gasteiger partial charge in [0.25, 0.3) is 0 Å². The molecule has 2 aromatic carbocycles. The van der Waals surface area contributed by atoms with Gasteiger partial charge in [-0.05, 0) is 41.7 Å². The zero-order chi connectivity index (χ0) is 16.5. The SMILES string of the molecule is CCCCc1ccc(CC(=O)NCc2cccc(OC)c2)cc1. The van der Waals surface area contributed by atoms with Crippen molar-refractivity contribution >= 4 is 5.91 Å². The van der Waals surface area contributed by atoms with E-state index < -0.39 is 0 Å². The van der Waals surface area contributed by atoms with Crippen LogP contribution in [0.15, 0.2) is 48.5 Å². The summed E-state index contributed by atoms with van der Waals surface area (Å²) in [4.78, 5) is 12.1. The molecule has 2 rings (SSSR count). The fourth-order valence-electron chi connectivity index (χ4n) is 2.44. The van der Waals surface area contributed by atoms with Gasteiger partial charge >= 0.3 is 0 Å². The van der Waals surface area contributed by atoms with Crippen molar-refractivity contribution < 1.29 is 9.53 Å². The number of hydrogen-bond acceptors (Lipinski definition) is 2. The van der Waals surface area contributed by atoms with Crippen LogP contribution in [0.1, 0.15) is 36.5 Å². The summed E-state index contributed by atoms with van der Waals surface area (Å²) in [5.41, 5.74) is 3.42. The highest BCUT2D eigenvalue weighted by atomic mass is 16.5. The number of methoxy groups -OCH3 is 1.